The fourth-order valence-corrected chi connectivity index (χ4v) is 3.39. The third-order valence-corrected chi connectivity index (χ3v) is 4.99. The molecule has 0 aromatic heterocycles. The summed E-state index contributed by atoms with van der Waals surface area (Å²) in [5.74, 6) is 0.228. The number of hydrogen-bond donors (Lipinski definition) is 4. The summed E-state index contributed by atoms with van der Waals surface area (Å²) in [6, 6.07) is 13.0. The summed E-state index contributed by atoms with van der Waals surface area (Å²) in [7, 11) is 0. The van der Waals surface area contributed by atoms with E-state index in [-0.39, 0.29) is 17.9 Å². The number of anilines is 1. The first-order chi connectivity index (χ1) is 15.1. The molecule has 0 amide bonds. The molecule has 0 bridgehead atoms. The lowest BCUT2D eigenvalue weighted by molar-refractivity contribution is 0.0517. The number of carbonyl (C=O) groups excluding carboxylic acids is 1. The maximum Gasteiger partial charge on any atom is 0.341 e. The van der Waals surface area contributed by atoms with Crippen LogP contribution in [0.5, 0.6) is 5.75 Å². The van der Waals surface area contributed by atoms with Gasteiger partial charge in [-0.05, 0) is 62.7 Å². The number of nitrogen functional groups attached to an aromatic ring is 1. The van der Waals surface area contributed by atoms with Crippen LogP contribution >= 0.6 is 0 Å². The van der Waals surface area contributed by atoms with Crippen LogP contribution in [-0.4, -0.2) is 44.2 Å². The van der Waals surface area contributed by atoms with Gasteiger partial charge in [0.25, 0.3) is 0 Å². The molecular weight excluding hydrogens is 392 g/mol. The summed E-state index contributed by atoms with van der Waals surface area (Å²) in [6.07, 6.45) is 5.86. The van der Waals surface area contributed by atoms with Crippen molar-refractivity contribution in [3.8, 4) is 5.75 Å². The van der Waals surface area contributed by atoms with Gasteiger partial charge in [0.05, 0.1) is 6.61 Å². The van der Waals surface area contributed by atoms with Crippen molar-refractivity contribution in [1.82, 2.24) is 5.32 Å². The van der Waals surface area contributed by atoms with E-state index in [9.17, 15) is 4.79 Å². The third kappa shape index (κ3) is 6.58. The largest absolute Gasteiger partial charge is 0.489 e. The highest BCUT2D eigenvalue weighted by molar-refractivity contribution is 5.95. The normalized spacial score (nSPS) is 14.4. The molecule has 2 aromatic carbocycles. The second kappa shape index (κ2) is 11.2. The summed E-state index contributed by atoms with van der Waals surface area (Å²) < 4.78 is 11.3. The van der Waals surface area contributed by atoms with Gasteiger partial charge in [0.2, 0.25) is 0 Å². The van der Waals surface area contributed by atoms with E-state index in [1.54, 1.807) is 13.0 Å². The van der Waals surface area contributed by atoms with Crippen LogP contribution < -0.4 is 21.1 Å². The average Bonchev–Trinajstić information content (AvgIpc) is 2.78. The van der Waals surface area contributed by atoms with Gasteiger partial charge < -0.3 is 25.8 Å². The molecule has 7 nitrogen and oxygen atoms in total. The van der Waals surface area contributed by atoms with Gasteiger partial charge in [-0.15, -0.1) is 0 Å². The predicted molar refractivity (Wildman–Crippen MR) is 124 cm³/mol. The zero-order valence-electron chi connectivity index (χ0n) is 17.8. The lowest BCUT2D eigenvalue weighted by Gasteiger charge is -2.25. The van der Waals surface area contributed by atoms with Gasteiger partial charge in [-0.25, -0.2) is 4.79 Å². The first-order valence-electron chi connectivity index (χ1n) is 10.6. The summed E-state index contributed by atoms with van der Waals surface area (Å²) in [4.78, 5) is 12.5. The Kier molecular flexibility index (Phi) is 8.06. The number of ether oxygens (including phenoxy) is 2. The van der Waals surface area contributed by atoms with E-state index < -0.39 is 0 Å². The van der Waals surface area contributed by atoms with Gasteiger partial charge in [-0.1, -0.05) is 30.4 Å². The number of benzene rings is 2. The van der Waals surface area contributed by atoms with Gasteiger partial charge in [0.1, 0.15) is 23.3 Å². The molecule has 5 N–H and O–H groups in total. The lowest BCUT2D eigenvalue weighted by atomic mass is 10.1. The van der Waals surface area contributed by atoms with E-state index in [0.717, 1.165) is 37.2 Å². The van der Waals surface area contributed by atoms with Crippen molar-refractivity contribution in [1.29, 1.82) is 5.41 Å². The van der Waals surface area contributed by atoms with Crippen molar-refractivity contribution in [2.24, 2.45) is 5.73 Å². The molecule has 0 saturated carbocycles. The van der Waals surface area contributed by atoms with Crippen LogP contribution in [0.3, 0.4) is 0 Å². The predicted octanol–water partition coefficient (Wildman–Crippen LogP) is 3.40. The maximum atomic E-state index is 12.5. The molecule has 31 heavy (non-hydrogen) atoms. The molecule has 0 aliphatic carbocycles. The molecule has 7 heteroatoms. The smallest absolute Gasteiger partial charge is 0.341 e. The van der Waals surface area contributed by atoms with E-state index in [1.807, 2.05) is 48.6 Å². The quantitative estimate of drug-likeness (QED) is 0.280. The number of nitrogens with two attached hydrogens (primary N) is 1. The molecule has 0 unspecified atom stereocenters. The number of carbonyl (C=O) groups is 1. The van der Waals surface area contributed by atoms with Crippen LogP contribution in [0.15, 0.2) is 48.5 Å². The number of hydrogen-bond acceptors (Lipinski definition) is 6. The van der Waals surface area contributed by atoms with E-state index in [1.165, 1.54) is 0 Å². The molecule has 1 aliphatic rings. The van der Waals surface area contributed by atoms with Crippen LogP contribution in [0, 0.1) is 5.41 Å². The van der Waals surface area contributed by atoms with Crippen molar-refractivity contribution in [3.63, 3.8) is 0 Å². The Labute approximate surface area is 183 Å². The lowest BCUT2D eigenvalue weighted by Crippen LogP contribution is -2.34. The molecule has 164 valence electrons. The number of nitrogens with one attached hydrogen (secondary N) is 3. The van der Waals surface area contributed by atoms with E-state index in [4.69, 9.17) is 20.6 Å². The van der Waals surface area contributed by atoms with E-state index in [0.29, 0.717) is 30.0 Å². The molecule has 1 saturated heterocycles. The fraction of sp³-hybridized carbons (Fsp3) is 0.333. The molecule has 0 spiro atoms. The Balaban J connectivity index is 1.66. The molecule has 1 aliphatic heterocycles. The topological polar surface area (TPSA) is 109 Å². The van der Waals surface area contributed by atoms with Crippen molar-refractivity contribution >= 4 is 23.6 Å². The molecule has 0 radical (unpaired) electrons. The van der Waals surface area contributed by atoms with Gasteiger partial charge in [-0.3, -0.25) is 5.41 Å². The Hall–Kier alpha value is -3.32. The number of piperidine rings is 1. The molecule has 1 fully saturated rings. The molecule has 0 atom stereocenters. The van der Waals surface area contributed by atoms with Crippen molar-refractivity contribution in [2.45, 2.75) is 25.9 Å². The second-order valence-corrected chi connectivity index (χ2v) is 7.32. The Morgan fingerprint density at radius 1 is 1.26 bits per heavy atom. The second-order valence-electron chi connectivity index (χ2n) is 7.32. The van der Waals surface area contributed by atoms with Gasteiger partial charge >= 0.3 is 5.97 Å². The monoisotopic (exact) mass is 422 g/mol. The van der Waals surface area contributed by atoms with Crippen LogP contribution in [0.25, 0.3) is 6.08 Å². The third-order valence-electron chi connectivity index (χ3n) is 4.99. The molecule has 3 rings (SSSR count). The van der Waals surface area contributed by atoms with Crippen molar-refractivity contribution < 1.29 is 14.3 Å². The van der Waals surface area contributed by atoms with Crippen LogP contribution in [0.1, 0.15) is 41.3 Å². The Morgan fingerprint density at radius 2 is 2.06 bits per heavy atom. The number of esters is 1. The zero-order chi connectivity index (χ0) is 22.1. The summed E-state index contributed by atoms with van der Waals surface area (Å²) in [6.45, 7) is 4.51. The van der Waals surface area contributed by atoms with Crippen molar-refractivity contribution in [2.75, 3.05) is 31.6 Å². The minimum absolute atomic E-state index is 0.0478. The first-order valence-corrected chi connectivity index (χ1v) is 10.6. The number of rotatable bonds is 9. The van der Waals surface area contributed by atoms with E-state index >= 15 is 0 Å². The maximum absolute atomic E-state index is 12.5. The molecule has 1 heterocycles. The summed E-state index contributed by atoms with van der Waals surface area (Å²) in [5.41, 5.74) is 8.44. The van der Waals surface area contributed by atoms with Crippen molar-refractivity contribution in [3.05, 3.63) is 65.2 Å². The van der Waals surface area contributed by atoms with Gasteiger partial charge in [0, 0.05) is 17.8 Å². The standard InChI is InChI=1S/C24H30N4O3/c1-2-30-24(29)21-16-19(8-9-22(21)31-20-10-13-27-14-11-20)28-12-4-6-17-5-3-7-18(15-17)23(25)26/h3-9,15-16,20,27-28H,2,10-14H2,1H3,(H3,25,26)/b6-4+. The molecular formula is C24H30N4O3. The zero-order valence-corrected chi connectivity index (χ0v) is 17.8. The fourth-order valence-electron chi connectivity index (χ4n) is 3.39. The minimum Gasteiger partial charge on any atom is -0.489 e. The molecule has 2 aromatic rings. The Bertz CT molecular complexity index is 936. The Morgan fingerprint density at radius 3 is 2.81 bits per heavy atom. The highest BCUT2D eigenvalue weighted by Crippen LogP contribution is 2.26. The average molecular weight is 423 g/mol. The SMILES string of the molecule is CCOC(=O)c1cc(NC/C=C/c2cccc(C(=N)N)c2)ccc1OC1CCNCC1. The highest BCUT2D eigenvalue weighted by Gasteiger charge is 2.20. The van der Waals surface area contributed by atoms with Gasteiger partial charge in [0.15, 0.2) is 0 Å². The summed E-state index contributed by atoms with van der Waals surface area (Å²) >= 11 is 0. The number of amidine groups is 1. The minimum atomic E-state index is -0.383. The first kappa shape index (κ1) is 22.4. The highest BCUT2D eigenvalue weighted by atomic mass is 16.5. The van der Waals surface area contributed by atoms with Crippen LogP contribution in [0.2, 0.25) is 0 Å². The van der Waals surface area contributed by atoms with Crippen LogP contribution in [0.4, 0.5) is 5.69 Å². The van der Waals surface area contributed by atoms with Crippen LogP contribution in [-0.2, 0) is 4.74 Å². The summed E-state index contributed by atoms with van der Waals surface area (Å²) in [5, 5.41) is 14.1. The van der Waals surface area contributed by atoms with E-state index in [2.05, 4.69) is 10.6 Å². The van der Waals surface area contributed by atoms with Gasteiger partial charge in [-0.2, -0.15) is 0 Å².